The molecule has 0 aliphatic carbocycles. The normalized spacial score (nSPS) is 17.4. The molecule has 1 saturated heterocycles. The lowest BCUT2D eigenvalue weighted by Crippen LogP contribution is -2.51. The van der Waals surface area contributed by atoms with Crippen LogP contribution in [0.25, 0.3) is 0 Å². The first-order valence-corrected chi connectivity index (χ1v) is 11.9. The lowest BCUT2D eigenvalue weighted by Gasteiger charge is -2.36. The summed E-state index contributed by atoms with van der Waals surface area (Å²) in [7, 11) is 2.59. The van der Waals surface area contributed by atoms with Crippen molar-refractivity contribution in [1.29, 1.82) is 0 Å². The topological polar surface area (TPSA) is 66.0 Å². The molecule has 6 nitrogen and oxygen atoms in total. The van der Waals surface area contributed by atoms with E-state index in [0.717, 1.165) is 48.9 Å². The number of rotatable bonds is 8. The molecule has 0 radical (unpaired) electrons. The van der Waals surface area contributed by atoms with Crippen LogP contribution in [-0.2, 0) is 16.6 Å². The largest absolute Gasteiger partial charge is 0.495 e. The van der Waals surface area contributed by atoms with E-state index in [4.69, 9.17) is 4.74 Å². The van der Waals surface area contributed by atoms with Crippen molar-refractivity contribution < 1.29 is 8.95 Å². The number of hydrogen-bond acceptors (Lipinski definition) is 4. The summed E-state index contributed by atoms with van der Waals surface area (Å²) in [6, 6.07) is 18.4. The van der Waals surface area contributed by atoms with Crippen molar-refractivity contribution in [3.63, 3.8) is 0 Å². The second-order valence-corrected chi connectivity index (χ2v) is 8.95. The van der Waals surface area contributed by atoms with Crippen LogP contribution in [-0.4, -0.2) is 55.8 Å². The summed E-state index contributed by atoms with van der Waals surface area (Å²) >= 11 is 0. The smallest absolute Gasteiger partial charge is 0.191 e. The predicted molar refractivity (Wildman–Crippen MR) is 141 cm³/mol. The minimum atomic E-state index is -0.898. The van der Waals surface area contributed by atoms with Crippen LogP contribution in [0.15, 0.2) is 59.6 Å². The van der Waals surface area contributed by atoms with Crippen molar-refractivity contribution in [2.75, 3.05) is 44.4 Å². The number of benzene rings is 2. The number of aliphatic imine (C=N–C) groups is 1. The lowest BCUT2D eigenvalue weighted by molar-refractivity contribution is 0.408. The van der Waals surface area contributed by atoms with Gasteiger partial charge in [0.05, 0.1) is 12.8 Å². The highest BCUT2D eigenvalue weighted by atomic mass is 127. The van der Waals surface area contributed by atoms with Gasteiger partial charge in [0.2, 0.25) is 0 Å². The first-order valence-electron chi connectivity index (χ1n) is 10.4. The number of methoxy groups -OCH3 is 1. The molecule has 8 heteroatoms. The number of piperidine rings is 1. The van der Waals surface area contributed by atoms with E-state index in [-0.39, 0.29) is 24.0 Å². The van der Waals surface area contributed by atoms with Gasteiger partial charge in [-0.25, -0.2) is 0 Å². The Morgan fingerprint density at radius 1 is 1.19 bits per heavy atom. The van der Waals surface area contributed by atoms with E-state index in [1.165, 1.54) is 0 Å². The standard InChI is InChI=1S/C23H32N4O2S.HI/c1-24-23(25-14-16-30(28)18-19-9-4-3-5-10-19)26-20-11-8-15-27(17-20)21-12-6-7-13-22(21)29-2;/h3-7,9-10,12-13,20H,8,11,14-18H2,1-2H3,(H2,24,25,26);1H. The van der Waals surface area contributed by atoms with Crippen LogP contribution >= 0.6 is 24.0 Å². The highest BCUT2D eigenvalue weighted by Gasteiger charge is 2.22. The fourth-order valence-electron chi connectivity index (χ4n) is 3.71. The number of anilines is 1. The summed E-state index contributed by atoms with van der Waals surface area (Å²) in [5, 5.41) is 6.84. The molecule has 3 rings (SSSR count). The minimum absolute atomic E-state index is 0. The maximum atomic E-state index is 12.3. The average Bonchev–Trinajstić information content (AvgIpc) is 2.79. The van der Waals surface area contributed by atoms with Gasteiger partial charge in [-0.1, -0.05) is 42.5 Å². The SMILES string of the molecule is CN=C(NCCS(=O)Cc1ccccc1)NC1CCCN(c2ccccc2OC)C1.I. The molecule has 0 aromatic heterocycles. The zero-order chi connectivity index (χ0) is 21.2. The van der Waals surface area contributed by atoms with E-state index in [2.05, 4.69) is 26.6 Å². The van der Waals surface area contributed by atoms with Crippen molar-refractivity contribution >= 4 is 46.4 Å². The van der Waals surface area contributed by atoms with Crippen LogP contribution in [0, 0.1) is 0 Å². The Labute approximate surface area is 205 Å². The van der Waals surface area contributed by atoms with Crippen molar-refractivity contribution in [2.24, 2.45) is 4.99 Å². The first kappa shape index (κ1) is 25.5. The van der Waals surface area contributed by atoms with Gasteiger partial charge in [0.25, 0.3) is 0 Å². The van der Waals surface area contributed by atoms with Gasteiger partial charge < -0.3 is 20.3 Å². The molecule has 31 heavy (non-hydrogen) atoms. The second-order valence-electron chi connectivity index (χ2n) is 7.37. The van der Waals surface area contributed by atoms with Crippen LogP contribution in [0.3, 0.4) is 0 Å². The van der Waals surface area contributed by atoms with Gasteiger partial charge in [-0.05, 0) is 30.5 Å². The van der Waals surface area contributed by atoms with Gasteiger partial charge in [-0.15, -0.1) is 24.0 Å². The number of halogens is 1. The monoisotopic (exact) mass is 556 g/mol. The molecule has 1 aliphatic rings. The van der Waals surface area contributed by atoms with Crippen molar-refractivity contribution in [3.8, 4) is 5.75 Å². The number of hydrogen-bond donors (Lipinski definition) is 2. The fourth-order valence-corrected chi connectivity index (χ4v) is 4.75. The summed E-state index contributed by atoms with van der Waals surface area (Å²) in [6.45, 7) is 2.53. The maximum absolute atomic E-state index is 12.3. The van der Waals surface area contributed by atoms with E-state index < -0.39 is 10.8 Å². The molecule has 2 unspecified atom stereocenters. The molecule has 0 saturated carbocycles. The Morgan fingerprint density at radius 3 is 2.68 bits per heavy atom. The molecule has 170 valence electrons. The molecule has 0 bridgehead atoms. The highest BCUT2D eigenvalue weighted by molar-refractivity contribution is 14.0. The molecule has 2 aromatic carbocycles. The molecule has 2 aromatic rings. The Hall–Kier alpha value is -1.81. The number of para-hydroxylation sites is 2. The van der Waals surface area contributed by atoms with Crippen molar-refractivity contribution in [1.82, 2.24) is 10.6 Å². The quantitative estimate of drug-likeness (QED) is 0.297. The van der Waals surface area contributed by atoms with E-state index in [1.54, 1.807) is 14.2 Å². The highest BCUT2D eigenvalue weighted by Crippen LogP contribution is 2.29. The number of nitrogens with zero attached hydrogens (tertiary/aromatic N) is 2. The van der Waals surface area contributed by atoms with Gasteiger partial charge in [0, 0.05) is 55.0 Å². The third-order valence-electron chi connectivity index (χ3n) is 5.20. The summed E-state index contributed by atoms with van der Waals surface area (Å²) in [5.41, 5.74) is 2.24. The number of nitrogens with one attached hydrogen (secondary N) is 2. The zero-order valence-corrected chi connectivity index (χ0v) is 21.4. The summed E-state index contributed by atoms with van der Waals surface area (Å²) in [4.78, 5) is 6.71. The number of ether oxygens (including phenoxy) is 1. The lowest BCUT2D eigenvalue weighted by atomic mass is 10.0. The van der Waals surface area contributed by atoms with Crippen LogP contribution in [0.5, 0.6) is 5.75 Å². The molecule has 0 spiro atoms. The average molecular weight is 557 g/mol. The molecule has 2 N–H and O–H groups in total. The molecule has 1 aliphatic heterocycles. The summed E-state index contributed by atoms with van der Waals surface area (Å²) in [6.07, 6.45) is 2.19. The van der Waals surface area contributed by atoms with Crippen LogP contribution in [0.4, 0.5) is 5.69 Å². The number of guanidine groups is 1. The first-order chi connectivity index (χ1) is 14.7. The minimum Gasteiger partial charge on any atom is -0.495 e. The fraction of sp³-hybridized carbons (Fsp3) is 0.435. The van der Waals surface area contributed by atoms with Crippen LogP contribution in [0.1, 0.15) is 18.4 Å². The Balaban J connectivity index is 0.00000341. The van der Waals surface area contributed by atoms with E-state index >= 15 is 0 Å². The van der Waals surface area contributed by atoms with Crippen LogP contribution in [0.2, 0.25) is 0 Å². The molecule has 0 amide bonds. The van der Waals surface area contributed by atoms with Gasteiger partial charge in [-0.3, -0.25) is 9.20 Å². The maximum Gasteiger partial charge on any atom is 0.191 e. The third-order valence-corrected chi connectivity index (χ3v) is 6.52. The Morgan fingerprint density at radius 2 is 1.94 bits per heavy atom. The molecular formula is C23H33IN4O2S. The van der Waals surface area contributed by atoms with E-state index in [0.29, 0.717) is 24.1 Å². The van der Waals surface area contributed by atoms with E-state index in [1.807, 2.05) is 48.5 Å². The zero-order valence-electron chi connectivity index (χ0n) is 18.3. The Kier molecular flexibility index (Phi) is 11.1. The molecule has 1 heterocycles. The van der Waals surface area contributed by atoms with Crippen molar-refractivity contribution in [2.45, 2.75) is 24.6 Å². The third kappa shape index (κ3) is 7.99. The van der Waals surface area contributed by atoms with Gasteiger partial charge >= 0.3 is 0 Å². The molecule has 1 fully saturated rings. The van der Waals surface area contributed by atoms with Gasteiger partial charge in [-0.2, -0.15) is 0 Å². The molecule has 2 atom stereocenters. The van der Waals surface area contributed by atoms with Gasteiger partial charge in [0.1, 0.15) is 5.75 Å². The predicted octanol–water partition coefficient (Wildman–Crippen LogP) is 3.40. The second kappa shape index (κ2) is 13.6. The summed E-state index contributed by atoms with van der Waals surface area (Å²) in [5.74, 6) is 2.85. The Bertz CT molecular complexity index is 850. The molecular weight excluding hydrogens is 523 g/mol. The van der Waals surface area contributed by atoms with E-state index in [9.17, 15) is 4.21 Å². The van der Waals surface area contributed by atoms with Crippen molar-refractivity contribution in [3.05, 3.63) is 60.2 Å². The van der Waals surface area contributed by atoms with Crippen LogP contribution < -0.4 is 20.3 Å². The van der Waals surface area contributed by atoms with Gasteiger partial charge in [0.15, 0.2) is 5.96 Å². The summed E-state index contributed by atoms with van der Waals surface area (Å²) < 4.78 is 17.9.